The Bertz CT molecular complexity index is 403. The average molecular weight is 312 g/mol. The van der Waals surface area contributed by atoms with Gasteiger partial charge in [0.05, 0.1) is 18.8 Å². The normalized spacial score (nSPS) is 35.8. The van der Waals surface area contributed by atoms with Crippen molar-refractivity contribution in [1.29, 1.82) is 0 Å². The first kappa shape index (κ1) is 17.8. The molecular formula is C11H19NO9. The van der Waals surface area contributed by atoms with Gasteiger partial charge >= 0.3 is 5.97 Å². The van der Waals surface area contributed by atoms with Gasteiger partial charge < -0.3 is 40.7 Å². The van der Waals surface area contributed by atoms with Crippen molar-refractivity contribution in [3.05, 3.63) is 0 Å². The molecule has 0 aromatic heterocycles. The number of amides is 1. The van der Waals surface area contributed by atoms with Gasteiger partial charge in [0, 0.05) is 13.3 Å². The Kier molecular flexibility index (Phi) is 5.61. The summed E-state index contributed by atoms with van der Waals surface area (Å²) >= 11 is 0. The molecule has 21 heavy (non-hydrogen) atoms. The Morgan fingerprint density at radius 3 is 2.43 bits per heavy atom. The number of carbonyl (C=O) groups is 2. The second kappa shape index (κ2) is 6.64. The van der Waals surface area contributed by atoms with E-state index >= 15 is 0 Å². The molecule has 1 fully saturated rings. The van der Waals surface area contributed by atoms with E-state index in [1.54, 1.807) is 0 Å². The largest absolute Gasteiger partial charge is 0.477 e. The minimum Gasteiger partial charge on any atom is -0.477 e. The zero-order chi connectivity index (χ0) is 16.4. The third kappa shape index (κ3) is 3.87. The topological polar surface area (TPSA) is 177 Å². The first-order valence-corrected chi connectivity index (χ1v) is 6.18. The van der Waals surface area contributed by atoms with Crippen molar-refractivity contribution in [1.82, 2.24) is 5.32 Å². The van der Waals surface area contributed by atoms with E-state index in [0.717, 1.165) is 6.92 Å². The van der Waals surface area contributed by atoms with Gasteiger partial charge in [-0.3, -0.25) is 4.79 Å². The number of carboxylic acid groups (broad SMARTS) is 1. The van der Waals surface area contributed by atoms with Crippen LogP contribution in [0.3, 0.4) is 0 Å². The highest BCUT2D eigenvalue weighted by atomic mass is 16.8. The van der Waals surface area contributed by atoms with E-state index in [1.165, 1.54) is 0 Å². The minimum absolute atomic E-state index is 0.598. The van der Waals surface area contributed by atoms with Crippen molar-refractivity contribution < 1.29 is 45.0 Å². The molecular weight excluding hydrogens is 293 g/mol. The molecule has 7 N–H and O–H groups in total. The van der Waals surface area contributed by atoms with Crippen LogP contribution in [0.1, 0.15) is 13.3 Å². The lowest BCUT2D eigenvalue weighted by Gasteiger charge is -2.44. The lowest BCUT2D eigenvalue weighted by Crippen LogP contribution is -2.67. The molecule has 0 unspecified atom stereocenters. The molecule has 1 aliphatic heterocycles. The predicted molar refractivity (Wildman–Crippen MR) is 64.8 cm³/mol. The molecule has 1 saturated heterocycles. The molecule has 0 radical (unpaired) electrons. The van der Waals surface area contributed by atoms with E-state index < -0.39 is 61.1 Å². The van der Waals surface area contributed by atoms with Gasteiger partial charge in [0.2, 0.25) is 5.91 Å². The number of hydrogen-bond donors (Lipinski definition) is 7. The van der Waals surface area contributed by atoms with Crippen LogP contribution in [0.5, 0.6) is 0 Å². The van der Waals surface area contributed by atoms with Crippen LogP contribution in [0.2, 0.25) is 0 Å². The van der Waals surface area contributed by atoms with Crippen molar-refractivity contribution in [3.8, 4) is 0 Å². The van der Waals surface area contributed by atoms with Crippen LogP contribution in [0.4, 0.5) is 0 Å². The highest BCUT2D eigenvalue weighted by Gasteiger charge is 2.53. The number of nitrogens with one attached hydrogen (secondary N) is 1. The Morgan fingerprint density at radius 2 is 2.00 bits per heavy atom. The summed E-state index contributed by atoms with van der Waals surface area (Å²) in [6.45, 7) is 0.256. The molecule has 0 aliphatic carbocycles. The highest BCUT2D eigenvalue weighted by molar-refractivity contribution is 5.76. The van der Waals surface area contributed by atoms with Gasteiger partial charge in [0.1, 0.15) is 18.3 Å². The van der Waals surface area contributed by atoms with Gasteiger partial charge in [-0.05, 0) is 0 Å². The van der Waals surface area contributed by atoms with Crippen LogP contribution >= 0.6 is 0 Å². The summed E-state index contributed by atoms with van der Waals surface area (Å²) < 4.78 is 4.86. The third-order valence-electron chi connectivity index (χ3n) is 3.21. The fourth-order valence-corrected chi connectivity index (χ4v) is 2.14. The van der Waals surface area contributed by atoms with E-state index in [4.69, 9.17) is 14.9 Å². The maximum atomic E-state index is 11.1. The first-order valence-electron chi connectivity index (χ1n) is 6.18. The second-order valence-electron chi connectivity index (χ2n) is 4.91. The Labute approximate surface area is 119 Å². The number of carbonyl (C=O) groups excluding carboxylic acids is 1. The molecule has 0 aromatic rings. The van der Waals surface area contributed by atoms with Gasteiger partial charge in [-0.1, -0.05) is 0 Å². The summed E-state index contributed by atoms with van der Waals surface area (Å²) in [5, 5.41) is 59.0. The third-order valence-corrected chi connectivity index (χ3v) is 3.21. The van der Waals surface area contributed by atoms with Crippen molar-refractivity contribution in [2.45, 2.75) is 49.6 Å². The molecule has 6 atom stereocenters. The van der Waals surface area contributed by atoms with E-state index in [1.807, 2.05) is 0 Å². The van der Waals surface area contributed by atoms with Gasteiger partial charge in [-0.15, -0.1) is 0 Å². The van der Waals surface area contributed by atoms with Crippen LogP contribution in [-0.4, -0.2) is 85.4 Å². The maximum Gasteiger partial charge on any atom is 0.364 e. The molecule has 1 amide bonds. The predicted octanol–water partition coefficient (Wildman–Crippen LogP) is -3.87. The average Bonchev–Trinajstić information content (AvgIpc) is 2.39. The van der Waals surface area contributed by atoms with E-state index in [0.29, 0.717) is 0 Å². The number of carboxylic acids is 1. The summed E-state index contributed by atoms with van der Waals surface area (Å²) in [6, 6.07) is -1.27. The van der Waals surface area contributed by atoms with Crippen LogP contribution in [-0.2, 0) is 14.3 Å². The molecule has 0 bridgehead atoms. The van der Waals surface area contributed by atoms with Gasteiger partial charge in [-0.25, -0.2) is 4.79 Å². The van der Waals surface area contributed by atoms with Gasteiger partial charge in [0.15, 0.2) is 0 Å². The fourth-order valence-electron chi connectivity index (χ4n) is 2.14. The summed E-state index contributed by atoms with van der Waals surface area (Å²) in [5.41, 5.74) is 0. The smallest absolute Gasteiger partial charge is 0.364 e. The number of aliphatic hydroxyl groups is 5. The monoisotopic (exact) mass is 312 g/mol. The molecule has 10 heteroatoms. The molecule has 122 valence electrons. The molecule has 1 heterocycles. The standard InChI is InChI=1S/C11H19NO9/c1-4(14)12-7-5(15)2-11(20,10(18)19)21-9(7)8(17)6(16)3-13/h5-9,13,15-17,20H,2-3H2,1H3,(H,12,14)(H,18,19)/t5-,6+,7+,8+,9+,11+/m0/s1/i2+1,5+1,11+1. The Morgan fingerprint density at radius 1 is 1.43 bits per heavy atom. The molecule has 0 saturated carbocycles. The summed E-state index contributed by atoms with van der Waals surface area (Å²) in [4.78, 5) is 22.1. The zero-order valence-corrected chi connectivity index (χ0v) is 11.2. The van der Waals surface area contributed by atoms with Crippen LogP contribution in [0.15, 0.2) is 0 Å². The van der Waals surface area contributed by atoms with Crippen LogP contribution < -0.4 is 5.32 Å². The van der Waals surface area contributed by atoms with E-state index in [-0.39, 0.29) is 0 Å². The van der Waals surface area contributed by atoms with E-state index in [9.17, 15) is 30.0 Å². The number of rotatable bonds is 5. The number of aliphatic hydroxyl groups excluding tert-OH is 4. The summed E-state index contributed by atoms with van der Waals surface area (Å²) in [5.74, 6) is -5.17. The molecule has 0 aromatic carbocycles. The fraction of sp³-hybridized carbons (Fsp3) is 0.818. The number of hydrogen-bond acceptors (Lipinski definition) is 8. The first-order chi connectivity index (χ1) is 9.62. The molecule has 10 nitrogen and oxygen atoms in total. The quantitative estimate of drug-likeness (QED) is 0.250. The highest BCUT2D eigenvalue weighted by Crippen LogP contribution is 2.30. The Balaban J connectivity index is 3.07. The SMILES string of the molecule is CC(=O)N[C@H]1[C@H]([C@H](O)[C@H](O)CO)O[13C@@](O)(C(=O)O)[13CH2][13C@@H]1O. The van der Waals surface area contributed by atoms with Crippen molar-refractivity contribution in [3.63, 3.8) is 0 Å². The number of aliphatic carboxylic acids is 1. The van der Waals surface area contributed by atoms with Crippen molar-refractivity contribution >= 4 is 11.9 Å². The van der Waals surface area contributed by atoms with Crippen LogP contribution in [0.25, 0.3) is 0 Å². The minimum atomic E-state index is -2.78. The molecule has 1 aliphatic rings. The van der Waals surface area contributed by atoms with Crippen molar-refractivity contribution in [2.75, 3.05) is 6.61 Å². The molecule has 1 rings (SSSR count). The van der Waals surface area contributed by atoms with Crippen molar-refractivity contribution in [2.24, 2.45) is 0 Å². The summed E-state index contributed by atoms with van der Waals surface area (Å²) in [6.07, 6.45) is -7.48. The Hall–Kier alpha value is -1.30. The second-order valence-corrected chi connectivity index (χ2v) is 4.91. The summed E-state index contributed by atoms with van der Waals surface area (Å²) in [7, 11) is 0. The van der Waals surface area contributed by atoms with E-state index in [2.05, 4.69) is 5.32 Å². The molecule has 0 spiro atoms. The van der Waals surface area contributed by atoms with Gasteiger partial charge in [-0.2, -0.15) is 0 Å². The maximum absolute atomic E-state index is 11.1. The van der Waals surface area contributed by atoms with Gasteiger partial charge in [0.25, 0.3) is 5.79 Å². The lowest BCUT2D eigenvalue weighted by atomic mass is 10.0. The zero-order valence-electron chi connectivity index (χ0n) is 11.2. The van der Waals surface area contributed by atoms with Crippen LogP contribution in [0, 0.1) is 0 Å². The number of ether oxygens (including phenoxy) is 1. The lowest BCUT2D eigenvalue weighted by molar-refractivity contribution is -0.295.